The van der Waals surface area contributed by atoms with Crippen LogP contribution in [0.3, 0.4) is 0 Å². The smallest absolute Gasteiger partial charge is 0.150 e. The van der Waals surface area contributed by atoms with Crippen LogP contribution in [0, 0.1) is 17.1 Å². The fourth-order valence-electron chi connectivity index (χ4n) is 3.17. The summed E-state index contributed by atoms with van der Waals surface area (Å²) in [5.41, 5.74) is 3.72. The van der Waals surface area contributed by atoms with Gasteiger partial charge >= 0.3 is 0 Å². The molecule has 1 atom stereocenters. The zero-order chi connectivity index (χ0) is 21.4. The Morgan fingerprint density at radius 1 is 1.07 bits per heavy atom. The molecular weight excluding hydrogens is 448 g/mol. The van der Waals surface area contributed by atoms with Crippen molar-refractivity contribution in [3.05, 3.63) is 86.9 Å². The number of fused-ring (bicyclic) bond motifs is 1. The Bertz CT molecular complexity index is 1310. The lowest BCUT2D eigenvalue weighted by Crippen LogP contribution is -2.16. The van der Waals surface area contributed by atoms with Crippen LogP contribution in [0.5, 0.6) is 0 Å². The van der Waals surface area contributed by atoms with Crippen LogP contribution in [0.2, 0.25) is 15.1 Å². The molecule has 2 aromatic carbocycles. The van der Waals surface area contributed by atoms with E-state index in [1.807, 2.05) is 12.1 Å². The van der Waals surface area contributed by atoms with Gasteiger partial charge in [-0.25, -0.2) is 4.39 Å². The first-order valence-electron chi connectivity index (χ1n) is 8.86. The van der Waals surface area contributed by atoms with Crippen molar-refractivity contribution >= 4 is 45.8 Å². The Labute approximate surface area is 186 Å². The summed E-state index contributed by atoms with van der Waals surface area (Å²) in [6, 6.07) is 13.6. The monoisotopic (exact) mass is 459 g/mol. The summed E-state index contributed by atoms with van der Waals surface area (Å²) in [7, 11) is 0. The third kappa shape index (κ3) is 3.70. The predicted octanol–water partition coefficient (Wildman–Crippen LogP) is 6.86. The van der Waals surface area contributed by atoms with E-state index in [1.54, 1.807) is 37.5 Å². The van der Waals surface area contributed by atoms with E-state index < -0.39 is 11.9 Å². The zero-order valence-corrected chi connectivity index (χ0v) is 17.8. The summed E-state index contributed by atoms with van der Waals surface area (Å²) in [6.45, 7) is 1.73. The molecule has 0 radical (unpaired) electrons. The molecule has 4 nitrogen and oxygen atoms in total. The fraction of sp³-hybridized carbons (Fsp3) is 0.0909. The van der Waals surface area contributed by atoms with Gasteiger partial charge in [0.2, 0.25) is 0 Å². The van der Waals surface area contributed by atoms with Gasteiger partial charge in [-0.2, -0.15) is 9.99 Å². The zero-order valence-electron chi connectivity index (χ0n) is 15.5. The second-order valence-electron chi connectivity index (χ2n) is 6.58. The molecule has 2 heterocycles. The topological polar surface area (TPSA) is 50.8 Å². The van der Waals surface area contributed by atoms with Crippen LogP contribution in [-0.2, 0) is 0 Å². The normalized spacial score (nSPS) is 12.0. The van der Waals surface area contributed by atoms with Crippen molar-refractivity contribution in [2.75, 3.05) is 0 Å². The first-order chi connectivity index (χ1) is 14.4. The molecule has 1 unspecified atom stereocenters. The summed E-state index contributed by atoms with van der Waals surface area (Å²) >= 11 is 18.3. The molecule has 0 aliphatic heterocycles. The van der Waals surface area contributed by atoms with Gasteiger partial charge in [-0.05, 0) is 48.9 Å². The van der Waals surface area contributed by atoms with E-state index in [-0.39, 0.29) is 5.02 Å². The maximum absolute atomic E-state index is 13.9. The Morgan fingerprint density at radius 2 is 1.83 bits per heavy atom. The quantitative estimate of drug-likeness (QED) is 0.312. The predicted molar refractivity (Wildman–Crippen MR) is 116 cm³/mol. The van der Waals surface area contributed by atoms with E-state index in [0.717, 1.165) is 11.1 Å². The highest BCUT2D eigenvalue weighted by molar-refractivity contribution is 6.36. The van der Waals surface area contributed by atoms with Gasteiger partial charge in [0.25, 0.3) is 0 Å². The number of halogens is 4. The number of nitrogens with zero attached hydrogens (tertiary/aromatic N) is 3. The summed E-state index contributed by atoms with van der Waals surface area (Å²) in [5.74, 6) is -0.566. The highest BCUT2D eigenvalue weighted by Crippen LogP contribution is 2.34. The van der Waals surface area contributed by atoms with Crippen LogP contribution >= 0.6 is 34.8 Å². The number of rotatable bonds is 4. The van der Waals surface area contributed by atoms with Gasteiger partial charge in [-0.15, -0.1) is 0 Å². The summed E-state index contributed by atoms with van der Waals surface area (Å²) < 4.78 is 15.4. The lowest BCUT2D eigenvalue weighted by molar-refractivity contribution is 0.0562. The molecule has 4 aromatic rings. The number of hydrogen-bond acceptors (Lipinski definition) is 3. The van der Waals surface area contributed by atoms with Crippen molar-refractivity contribution < 1.29 is 9.23 Å². The third-order valence-corrected chi connectivity index (χ3v) is 5.72. The first kappa shape index (κ1) is 20.5. The van der Waals surface area contributed by atoms with Gasteiger partial charge in [0.15, 0.2) is 6.10 Å². The average Bonchev–Trinajstić information content (AvgIpc) is 3.13. The summed E-state index contributed by atoms with van der Waals surface area (Å²) in [5, 5.41) is 9.85. The number of nitriles is 1. The molecule has 0 N–H and O–H groups in total. The molecule has 0 aliphatic rings. The molecule has 0 amide bonds. The molecule has 0 spiro atoms. The van der Waals surface area contributed by atoms with Gasteiger partial charge in [0.1, 0.15) is 17.4 Å². The molecule has 0 bridgehead atoms. The standard InChI is InChI=1S/C22H13Cl3FN3O/c1-12(21-17(24)4-5-18(26)22(21)25)30-29-7-6-19-20(29)9-15(11-28-19)13-2-3-16(23)14(8-13)10-27/h2-9,11-12H,1H3. The first-order valence-corrected chi connectivity index (χ1v) is 10.00. The van der Waals surface area contributed by atoms with E-state index in [4.69, 9.17) is 39.6 Å². The van der Waals surface area contributed by atoms with Crippen LogP contribution in [0.1, 0.15) is 24.2 Å². The van der Waals surface area contributed by atoms with Crippen LogP contribution in [-0.4, -0.2) is 9.71 Å². The minimum atomic E-state index is -0.624. The SMILES string of the molecule is CC(On1ccc2ncc(-c3ccc(Cl)c(C#N)c3)cc21)c1c(Cl)ccc(F)c1Cl. The average molecular weight is 461 g/mol. The van der Waals surface area contributed by atoms with E-state index in [0.29, 0.717) is 32.2 Å². The van der Waals surface area contributed by atoms with Crippen LogP contribution in [0.15, 0.2) is 54.9 Å². The number of aromatic nitrogens is 2. The molecule has 8 heteroatoms. The Hall–Kier alpha value is -2.78. The third-order valence-electron chi connectivity index (χ3n) is 4.68. The van der Waals surface area contributed by atoms with Crippen LogP contribution < -0.4 is 4.84 Å². The van der Waals surface area contributed by atoms with Crippen molar-refractivity contribution in [1.82, 2.24) is 9.71 Å². The van der Waals surface area contributed by atoms with Gasteiger partial charge in [0, 0.05) is 28.5 Å². The number of pyridine rings is 1. The van der Waals surface area contributed by atoms with Crippen molar-refractivity contribution in [3.8, 4) is 17.2 Å². The van der Waals surface area contributed by atoms with E-state index in [9.17, 15) is 9.65 Å². The highest BCUT2D eigenvalue weighted by atomic mass is 35.5. The van der Waals surface area contributed by atoms with E-state index in [2.05, 4.69) is 11.1 Å². The van der Waals surface area contributed by atoms with Crippen molar-refractivity contribution in [2.45, 2.75) is 13.0 Å². The fourth-order valence-corrected chi connectivity index (χ4v) is 4.00. The van der Waals surface area contributed by atoms with Crippen molar-refractivity contribution in [2.24, 2.45) is 0 Å². The van der Waals surface area contributed by atoms with Gasteiger partial charge in [-0.3, -0.25) is 4.98 Å². The minimum Gasteiger partial charge on any atom is -0.406 e. The maximum atomic E-state index is 13.9. The van der Waals surface area contributed by atoms with Gasteiger partial charge < -0.3 is 4.84 Å². The molecule has 0 saturated heterocycles. The minimum absolute atomic E-state index is 0.0736. The second kappa shape index (κ2) is 8.16. The van der Waals surface area contributed by atoms with Crippen molar-refractivity contribution in [1.29, 1.82) is 5.26 Å². The molecule has 0 fully saturated rings. The Morgan fingerprint density at radius 3 is 2.60 bits per heavy atom. The second-order valence-corrected chi connectivity index (χ2v) is 7.77. The largest absolute Gasteiger partial charge is 0.406 e. The Balaban J connectivity index is 1.72. The summed E-state index contributed by atoms with van der Waals surface area (Å²) in [6.07, 6.45) is 2.79. The molecule has 4 rings (SSSR count). The molecule has 0 saturated carbocycles. The van der Waals surface area contributed by atoms with Crippen LogP contribution in [0.4, 0.5) is 4.39 Å². The molecule has 30 heavy (non-hydrogen) atoms. The summed E-state index contributed by atoms with van der Waals surface area (Å²) in [4.78, 5) is 10.4. The van der Waals surface area contributed by atoms with E-state index in [1.165, 1.54) is 16.9 Å². The lowest BCUT2D eigenvalue weighted by Gasteiger charge is -2.19. The van der Waals surface area contributed by atoms with E-state index >= 15 is 0 Å². The number of benzene rings is 2. The molecule has 0 aliphatic carbocycles. The molecular formula is C22H13Cl3FN3O. The maximum Gasteiger partial charge on any atom is 0.150 e. The van der Waals surface area contributed by atoms with Gasteiger partial charge in [-0.1, -0.05) is 40.9 Å². The Kier molecular flexibility index (Phi) is 5.57. The van der Waals surface area contributed by atoms with Crippen molar-refractivity contribution in [3.63, 3.8) is 0 Å². The molecule has 150 valence electrons. The lowest BCUT2D eigenvalue weighted by atomic mass is 10.0. The number of hydrogen-bond donors (Lipinski definition) is 0. The highest BCUT2D eigenvalue weighted by Gasteiger charge is 2.20. The van der Waals surface area contributed by atoms with Crippen LogP contribution in [0.25, 0.3) is 22.2 Å². The molecule has 2 aromatic heterocycles. The van der Waals surface area contributed by atoms with Gasteiger partial charge in [0.05, 0.1) is 21.1 Å².